The first kappa shape index (κ1) is 28.2. The van der Waals surface area contributed by atoms with Gasteiger partial charge in [-0.05, 0) is 55.7 Å². The van der Waals surface area contributed by atoms with E-state index in [9.17, 15) is 20.1 Å². The van der Waals surface area contributed by atoms with Gasteiger partial charge in [-0.15, -0.1) is 20.4 Å². The number of benzene rings is 2. The Bertz CT molecular complexity index is 1480. The Hall–Kier alpha value is -3.82. The van der Waals surface area contributed by atoms with Crippen LogP contribution in [0.25, 0.3) is 0 Å². The molecule has 0 saturated heterocycles. The smallest absolute Gasteiger partial charge is 0.234 e. The summed E-state index contributed by atoms with van der Waals surface area (Å²) in [6.45, 7) is 3.70. The molecular formula is C25H20N8O2S4. The summed E-state index contributed by atoms with van der Waals surface area (Å²) >= 11 is 5.41. The quantitative estimate of drug-likeness (QED) is 0.245. The summed E-state index contributed by atoms with van der Waals surface area (Å²) in [6.07, 6.45) is 0.463. The van der Waals surface area contributed by atoms with E-state index in [0.29, 0.717) is 37.6 Å². The molecule has 39 heavy (non-hydrogen) atoms. The highest BCUT2D eigenvalue weighted by Crippen LogP contribution is 2.25. The van der Waals surface area contributed by atoms with E-state index in [2.05, 4.69) is 43.2 Å². The molecule has 0 radical (unpaired) electrons. The average molecular weight is 593 g/mol. The molecule has 0 spiro atoms. The lowest BCUT2D eigenvalue weighted by atomic mass is 10.00. The molecule has 4 aromatic rings. The molecule has 2 aromatic heterocycles. The molecule has 0 fully saturated rings. The van der Waals surface area contributed by atoms with E-state index in [0.717, 1.165) is 21.1 Å². The highest BCUT2D eigenvalue weighted by molar-refractivity contribution is 8.01. The molecule has 2 N–H and O–H groups in total. The van der Waals surface area contributed by atoms with Crippen molar-refractivity contribution in [2.75, 3.05) is 22.1 Å². The minimum Gasteiger partial charge on any atom is -0.324 e. The van der Waals surface area contributed by atoms with E-state index < -0.39 is 0 Å². The van der Waals surface area contributed by atoms with Crippen LogP contribution in [0.5, 0.6) is 0 Å². The second kappa shape index (κ2) is 13.3. The fourth-order valence-corrected chi connectivity index (χ4v) is 6.57. The number of hydrogen-bond donors (Lipinski definition) is 2. The van der Waals surface area contributed by atoms with Gasteiger partial charge in [0.2, 0.25) is 11.8 Å². The zero-order valence-corrected chi connectivity index (χ0v) is 24.0. The van der Waals surface area contributed by atoms with Crippen molar-refractivity contribution in [2.24, 2.45) is 0 Å². The van der Waals surface area contributed by atoms with Gasteiger partial charge < -0.3 is 10.6 Å². The summed E-state index contributed by atoms with van der Waals surface area (Å²) in [7, 11) is 0. The molecule has 0 aliphatic heterocycles. The van der Waals surface area contributed by atoms with Gasteiger partial charge in [-0.25, -0.2) is 0 Å². The molecule has 14 heteroatoms. The fraction of sp³-hybridized carbons (Fsp3) is 0.200. The number of nitriles is 2. The first-order chi connectivity index (χ1) is 18.8. The maximum atomic E-state index is 12.4. The van der Waals surface area contributed by atoms with Crippen LogP contribution >= 0.6 is 46.2 Å². The Kier molecular flexibility index (Phi) is 9.62. The molecular weight excluding hydrogens is 573 g/mol. The Labute approximate surface area is 240 Å². The van der Waals surface area contributed by atoms with Gasteiger partial charge in [0.15, 0.2) is 8.68 Å². The van der Waals surface area contributed by atoms with E-state index in [4.69, 9.17) is 0 Å². The minimum atomic E-state index is -0.245. The van der Waals surface area contributed by atoms with Gasteiger partial charge in [-0.1, -0.05) is 58.3 Å². The third-order valence-corrected chi connectivity index (χ3v) is 8.98. The second-order valence-electron chi connectivity index (χ2n) is 8.01. The van der Waals surface area contributed by atoms with Crippen molar-refractivity contribution >= 4 is 69.4 Å². The van der Waals surface area contributed by atoms with Crippen LogP contribution in [0.15, 0.2) is 45.1 Å². The third kappa shape index (κ3) is 8.08. The van der Waals surface area contributed by atoms with Gasteiger partial charge in [0.1, 0.15) is 22.2 Å². The molecule has 4 rings (SSSR count). The van der Waals surface area contributed by atoms with Gasteiger partial charge in [-0.2, -0.15) is 10.5 Å². The molecule has 0 bridgehead atoms. The van der Waals surface area contributed by atoms with E-state index in [1.165, 1.54) is 46.2 Å². The van der Waals surface area contributed by atoms with Crippen LogP contribution in [0.1, 0.15) is 32.3 Å². The van der Waals surface area contributed by atoms with Crippen molar-refractivity contribution in [1.29, 1.82) is 10.5 Å². The molecule has 0 aliphatic carbocycles. The molecule has 0 aliphatic rings. The van der Waals surface area contributed by atoms with Crippen LogP contribution in [0, 0.1) is 36.5 Å². The number of aromatic nitrogens is 4. The third-order valence-electron chi connectivity index (χ3n) is 5.03. The van der Waals surface area contributed by atoms with Gasteiger partial charge in [0, 0.05) is 0 Å². The Morgan fingerprint density at radius 2 is 1.21 bits per heavy atom. The van der Waals surface area contributed by atoms with E-state index >= 15 is 0 Å². The minimum absolute atomic E-state index is 0.154. The predicted octanol–water partition coefficient (Wildman–Crippen LogP) is 4.80. The van der Waals surface area contributed by atoms with Gasteiger partial charge in [0.25, 0.3) is 0 Å². The fourth-order valence-electron chi connectivity index (χ4n) is 3.34. The summed E-state index contributed by atoms with van der Waals surface area (Å²) in [6, 6.07) is 14.7. The van der Waals surface area contributed by atoms with Crippen LogP contribution in [0.2, 0.25) is 0 Å². The standard InChI is InChI=1S/C25H20N8O2S4/c1-14-30-32-24(38-14)36-12-22(34)28-20-5-3-16(8-18(20)10-26)7-17-4-6-21(19(9-17)11-27)29-23(35)13-37-25-33-31-15(2)39-25/h3-6,8-9H,7,12-13H2,1-2H3,(H,28,34)(H,29,35). The van der Waals surface area contributed by atoms with Gasteiger partial charge in [0.05, 0.1) is 34.0 Å². The molecule has 0 unspecified atom stereocenters. The van der Waals surface area contributed by atoms with Gasteiger partial charge in [-0.3, -0.25) is 9.59 Å². The monoisotopic (exact) mass is 592 g/mol. The summed E-state index contributed by atoms with van der Waals surface area (Å²) < 4.78 is 1.42. The molecule has 2 heterocycles. The lowest BCUT2D eigenvalue weighted by Crippen LogP contribution is -2.15. The molecule has 0 atom stereocenters. The highest BCUT2D eigenvalue weighted by Gasteiger charge is 2.13. The van der Waals surface area contributed by atoms with E-state index in [-0.39, 0.29) is 23.3 Å². The first-order valence-corrected chi connectivity index (χ1v) is 14.9. The number of anilines is 2. The predicted molar refractivity (Wildman–Crippen MR) is 153 cm³/mol. The van der Waals surface area contributed by atoms with Crippen LogP contribution in [-0.4, -0.2) is 43.7 Å². The number of carbonyl (C=O) groups is 2. The summed E-state index contributed by atoms with van der Waals surface area (Å²) in [5.41, 5.74) is 3.21. The van der Waals surface area contributed by atoms with Gasteiger partial charge >= 0.3 is 0 Å². The Balaban J connectivity index is 1.36. The average Bonchev–Trinajstić information content (AvgIpc) is 3.55. The number of rotatable bonds is 10. The van der Waals surface area contributed by atoms with E-state index in [1.807, 2.05) is 26.0 Å². The maximum absolute atomic E-state index is 12.4. The zero-order valence-electron chi connectivity index (χ0n) is 20.7. The van der Waals surface area contributed by atoms with Crippen molar-refractivity contribution < 1.29 is 9.59 Å². The number of thioether (sulfide) groups is 2. The molecule has 0 saturated carbocycles. The van der Waals surface area contributed by atoms with Crippen molar-refractivity contribution in [3.05, 3.63) is 68.7 Å². The SMILES string of the molecule is Cc1nnc(SCC(=O)Nc2ccc(Cc3ccc(NC(=O)CSc4nnc(C)s4)c(C#N)c3)cc2C#N)s1. The topological polar surface area (TPSA) is 157 Å². The lowest BCUT2D eigenvalue weighted by Gasteiger charge is -2.11. The zero-order chi connectivity index (χ0) is 27.8. The molecule has 10 nitrogen and oxygen atoms in total. The number of amides is 2. The first-order valence-electron chi connectivity index (χ1n) is 11.3. The van der Waals surface area contributed by atoms with Crippen molar-refractivity contribution in [1.82, 2.24) is 20.4 Å². The molecule has 2 amide bonds. The summed E-state index contributed by atoms with van der Waals surface area (Å²) in [5, 5.41) is 42.3. The number of aryl methyl sites for hydroxylation is 2. The van der Waals surface area contributed by atoms with Crippen molar-refractivity contribution in [3.63, 3.8) is 0 Å². The maximum Gasteiger partial charge on any atom is 0.234 e. The van der Waals surface area contributed by atoms with Crippen molar-refractivity contribution in [2.45, 2.75) is 28.9 Å². The van der Waals surface area contributed by atoms with Crippen LogP contribution < -0.4 is 10.6 Å². The number of carbonyl (C=O) groups excluding carboxylic acids is 2. The van der Waals surface area contributed by atoms with Crippen molar-refractivity contribution in [3.8, 4) is 12.1 Å². The Morgan fingerprint density at radius 1 is 0.769 bits per heavy atom. The number of hydrogen-bond acceptors (Lipinski definition) is 12. The van der Waals surface area contributed by atoms with Crippen LogP contribution in [0.4, 0.5) is 11.4 Å². The normalized spacial score (nSPS) is 10.5. The van der Waals surface area contributed by atoms with Crippen LogP contribution in [-0.2, 0) is 16.0 Å². The number of nitrogens with one attached hydrogen (secondary N) is 2. The summed E-state index contributed by atoms with van der Waals surface area (Å²) in [5.74, 6) is -0.182. The molecule has 2 aromatic carbocycles. The largest absolute Gasteiger partial charge is 0.324 e. The second-order valence-corrected chi connectivity index (χ2v) is 12.8. The molecule has 196 valence electrons. The Morgan fingerprint density at radius 3 is 1.56 bits per heavy atom. The van der Waals surface area contributed by atoms with E-state index in [1.54, 1.807) is 24.3 Å². The summed E-state index contributed by atoms with van der Waals surface area (Å²) in [4.78, 5) is 24.8. The van der Waals surface area contributed by atoms with Crippen LogP contribution in [0.3, 0.4) is 0 Å². The number of nitrogens with zero attached hydrogens (tertiary/aromatic N) is 6. The lowest BCUT2D eigenvalue weighted by molar-refractivity contribution is -0.114. The highest BCUT2D eigenvalue weighted by atomic mass is 32.2.